The lowest BCUT2D eigenvalue weighted by molar-refractivity contribution is -0.658. The third kappa shape index (κ3) is 3.12. The van der Waals surface area contributed by atoms with E-state index in [9.17, 15) is 5.11 Å². The van der Waals surface area contributed by atoms with Crippen LogP contribution in [0, 0.1) is 0 Å². The SMILES string of the molecule is O[C@@]1(c2ccc(Br)cc2)CN(c2cccc(Cl)c2)C2=[N+]1CCCCC2. The van der Waals surface area contributed by atoms with Crippen molar-refractivity contribution in [2.24, 2.45) is 0 Å². The molecule has 4 rings (SSSR count). The minimum atomic E-state index is -1.01. The van der Waals surface area contributed by atoms with Gasteiger partial charge in [-0.3, -0.25) is 0 Å². The monoisotopic (exact) mass is 419 g/mol. The third-order valence-electron chi connectivity index (χ3n) is 5.16. The fourth-order valence-electron chi connectivity index (χ4n) is 3.92. The normalized spacial score (nSPS) is 23.6. The van der Waals surface area contributed by atoms with E-state index in [0.717, 1.165) is 46.6 Å². The van der Waals surface area contributed by atoms with E-state index in [1.54, 1.807) is 0 Å². The summed E-state index contributed by atoms with van der Waals surface area (Å²) < 4.78 is 3.22. The van der Waals surface area contributed by atoms with Crippen LogP contribution >= 0.6 is 27.5 Å². The van der Waals surface area contributed by atoms with Crippen molar-refractivity contribution in [3.63, 3.8) is 0 Å². The zero-order valence-corrected chi connectivity index (χ0v) is 16.3. The molecule has 25 heavy (non-hydrogen) atoms. The Kier molecular flexibility index (Phi) is 4.61. The number of hydrogen-bond acceptors (Lipinski definition) is 2. The molecule has 2 heterocycles. The van der Waals surface area contributed by atoms with Crippen molar-refractivity contribution >= 4 is 39.1 Å². The Bertz CT molecular complexity index is 821. The largest absolute Gasteiger partial charge is 0.346 e. The fraction of sp³-hybridized carbons (Fsp3) is 0.350. The van der Waals surface area contributed by atoms with Crippen molar-refractivity contribution in [2.75, 3.05) is 18.0 Å². The van der Waals surface area contributed by atoms with E-state index in [4.69, 9.17) is 11.6 Å². The zero-order valence-electron chi connectivity index (χ0n) is 14.0. The summed E-state index contributed by atoms with van der Waals surface area (Å²) in [6.07, 6.45) is 4.43. The van der Waals surface area contributed by atoms with Crippen LogP contribution in [0.2, 0.25) is 5.02 Å². The van der Waals surface area contributed by atoms with Gasteiger partial charge in [-0.25, -0.2) is 9.48 Å². The number of hydrogen-bond donors (Lipinski definition) is 1. The van der Waals surface area contributed by atoms with Gasteiger partial charge in [0.15, 0.2) is 6.54 Å². The first-order chi connectivity index (χ1) is 12.1. The van der Waals surface area contributed by atoms with Gasteiger partial charge in [-0.2, -0.15) is 0 Å². The predicted octanol–water partition coefficient (Wildman–Crippen LogP) is 4.75. The predicted molar refractivity (Wildman–Crippen MR) is 105 cm³/mol. The van der Waals surface area contributed by atoms with Gasteiger partial charge < -0.3 is 5.11 Å². The lowest BCUT2D eigenvalue weighted by Gasteiger charge is -2.23. The lowest BCUT2D eigenvalue weighted by atomic mass is 10.0. The molecular formula is C20H21BrClN2O+. The van der Waals surface area contributed by atoms with Crippen LogP contribution in [-0.2, 0) is 5.72 Å². The summed E-state index contributed by atoms with van der Waals surface area (Å²) in [4.78, 5) is 2.24. The van der Waals surface area contributed by atoms with Crippen LogP contribution in [0.5, 0.6) is 0 Å². The first-order valence-electron chi connectivity index (χ1n) is 8.73. The second-order valence-electron chi connectivity index (χ2n) is 6.77. The number of halogens is 2. The van der Waals surface area contributed by atoms with E-state index in [0.29, 0.717) is 6.54 Å². The van der Waals surface area contributed by atoms with Crippen LogP contribution in [-0.4, -0.2) is 28.6 Å². The average Bonchev–Trinajstić information content (AvgIpc) is 2.76. The molecule has 2 aromatic rings. The number of aliphatic hydroxyl groups is 1. The van der Waals surface area contributed by atoms with Crippen LogP contribution in [0.3, 0.4) is 0 Å². The van der Waals surface area contributed by atoms with Crippen molar-refractivity contribution in [1.82, 2.24) is 0 Å². The summed E-state index contributed by atoms with van der Waals surface area (Å²) in [7, 11) is 0. The highest BCUT2D eigenvalue weighted by molar-refractivity contribution is 9.10. The molecule has 0 spiro atoms. The van der Waals surface area contributed by atoms with Gasteiger partial charge in [-0.15, -0.1) is 0 Å². The smallest absolute Gasteiger partial charge is 0.271 e. The molecule has 0 aliphatic carbocycles. The topological polar surface area (TPSA) is 26.5 Å². The van der Waals surface area contributed by atoms with Gasteiger partial charge in [0.2, 0.25) is 0 Å². The Morgan fingerprint density at radius 1 is 1.08 bits per heavy atom. The molecule has 0 saturated carbocycles. The van der Waals surface area contributed by atoms with Gasteiger partial charge in [0.05, 0.1) is 6.54 Å². The summed E-state index contributed by atoms with van der Waals surface area (Å²) in [5.41, 5.74) is 0.963. The van der Waals surface area contributed by atoms with Gasteiger partial charge in [0.1, 0.15) is 5.69 Å². The van der Waals surface area contributed by atoms with Crippen molar-refractivity contribution in [1.29, 1.82) is 0 Å². The van der Waals surface area contributed by atoms with Gasteiger partial charge >= 0.3 is 0 Å². The third-order valence-corrected chi connectivity index (χ3v) is 5.92. The molecular weight excluding hydrogens is 400 g/mol. The molecule has 5 heteroatoms. The highest BCUT2D eigenvalue weighted by atomic mass is 79.9. The van der Waals surface area contributed by atoms with E-state index >= 15 is 0 Å². The van der Waals surface area contributed by atoms with E-state index in [2.05, 4.69) is 31.5 Å². The Hall–Kier alpha value is -1.36. The van der Waals surface area contributed by atoms with Gasteiger partial charge in [-0.1, -0.05) is 45.7 Å². The van der Waals surface area contributed by atoms with Gasteiger partial charge in [0, 0.05) is 27.5 Å². The minimum absolute atomic E-state index is 0.518. The first kappa shape index (κ1) is 17.1. The van der Waals surface area contributed by atoms with E-state index in [-0.39, 0.29) is 0 Å². The second-order valence-corrected chi connectivity index (χ2v) is 8.12. The molecule has 0 unspecified atom stereocenters. The van der Waals surface area contributed by atoms with Crippen LogP contribution in [0.25, 0.3) is 0 Å². The van der Waals surface area contributed by atoms with Crippen molar-refractivity contribution in [2.45, 2.75) is 31.4 Å². The molecule has 0 saturated heterocycles. The molecule has 0 radical (unpaired) electrons. The highest BCUT2D eigenvalue weighted by Gasteiger charge is 2.51. The molecule has 3 nitrogen and oxygen atoms in total. The van der Waals surface area contributed by atoms with Gasteiger partial charge in [-0.05, 0) is 43.5 Å². The quantitative estimate of drug-likeness (QED) is 0.710. The van der Waals surface area contributed by atoms with Crippen molar-refractivity contribution in [3.05, 3.63) is 63.6 Å². The van der Waals surface area contributed by atoms with Crippen molar-refractivity contribution in [3.8, 4) is 0 Å². The Labute approximate surface area is 161 Å². The maximum atomic E-state index is 11.7. The van der Waals surface area contributed by atoms with Crippen LogP contribution in [0.1, 0.15) is 31.2 Å². The second kappa shape index (κ2) is 6.75. The number of benzene rings is 2. The van der Waals surface area contributed by atoms with E-state index in [1.165, 1.54) is 12.3 Å². The molecule has 0 bridgehead atoms. The van der Waals surface area contributed by atoms with Crippen molar-refractivity contribution < 1.29 is 9.68 Å². The summed E-state index contributed by atoms with van der Waals surface area (Å²) in [5, 5.41) is 12.4. The zero-order chi connectivity index (χ0) is 17.4. The summed E-state index contributed by atoms with van der Waals surface area (Å²) in [6.45, 7) is 1.39. The van der Waals surface area contributed by atoms with E-state index in [1.807, 2.05) is 42.5 Å². The van der Waals surface area contributed by atoms with Gasteiger partial charge in [0.25, 0.3) is 11.6 Å². The molecule has 2 aliphatic rings. The van der Waals surface area contributed by atoms with Crippen LogP contribution in [0.15, 0.2) is 53.0 Å². The maximum Gasteiger partial charge on any atom is 0.271 e. The molecule has 2 aromatic carbocycles. The fourth-order valence-corrected chi connectivity index (χ4v) is 4.37. The van der Waals surface area contributed by atoms with E-state index < -0.39 is 5.72 Å². The first-order valence-corrected chi connectivity index (χ1v) is 9.90. The Balaban J connectivity index is 1.81. The molecule has 0 aromatic heterocycles. The standard InChI is InChI=1S/C20H21BrClN2O/c21-16-10-8-15(9-11-16)20(25)14-23(18-6-4-5-17(22)13-18)19-7-2-1-3-12-24(19)20/h4-6,8-11,13,25H,1-3,7,12,14H2/q+1/t20-/m1/s1. The molecule has 2 aliphatic heterocycles. The Morgan fingerprint density at radius 2 is 1.88 bits per heavy atom. The molecule has 0 amide bonds. The summed E-state index contributed by atoms with van der Waals surface area (Å²) in [6, 6.07) is 15.9. The number of β-amino-alcohol motifs (C(OH)–C–C–N with tert-alkyl or cyclic N) is 1. The lowest BCUT2D eigenvalue weighted by Crippen LogP contribution is -2.41. The number of nitrogens with zero attached hydrogens (tertiary/aromatic N) is 2. The van der Waals surface area contributed by atoms with Crippen LogP contribution < -0.4 is 4.90 Å². The van der Waals surface area contributed by atoms with Crippen LogP contribution in [0.4, 0.5) is 5.69 Å². The summed E-state index contributed by atoms with van der Waals surface area (Å²) in [5.74, 6) is 1.20. The maximum absolute atomic E-state index is 11.7. The average molecular weight is 421 g/mol. The highest BCUT2D eigenvalue weighted by Crippen LogP contribution is 2.36. The number of rotatable bonds is 2. The molecule has 1 N–H and O–H groups in total. The number of anilines is 1. The Morgan fingerprint density at radius 3 is 2.64 bits per heavy atom. The number of amidine groups is 1. The summed E-state index contributed by atoms with van der Waals surface area (Å²) >= 11 is 9.70. The minimum Gasteiger partial charge on any atom is -0.346 e. The molecule has 1 atom stereocenters. The molecule has 0 fully saturated rings. The molecule has 130 valence electrons.